The van der Waals surface area contributed by atoms with E-state index < -0.39 is 0 Å². The summed E-state index contributed by atoms with van der Waals surface area (Å²) in [6, 6.07) is 5.96. The lowest BCUT2D eigenvalue weighted by atomic mass is 10.2. The third-order valence-electron chi connectivity index (χ3n) is 2.63. The van der Waals surface area contributed by atoms with Gasteiger partial charge in [-0.3, -0.25) is 0 Å². The number of hydrogen-bond acceptors (Lipinski definition) is 3. The molecular weight excluding hydrogens is 202 g/mol. The minimum atomic E-state index is 0.616. The molecule has 0 fully saturated rings. The quantitative estimate of drug-likeness (QED) is 0.719. The Morgan fingerprint density at radius 3 is 2.69 bits per heavy atom. The highest BCUT2D eigenvalue weighted by Gasteiger charge is 2.18. The number of allylic oxidation sites excluding steroid dienone is 2. The Morgan fingerprint density at radius 1 is 1.00 bits per heavy atom. The van der Waals surface area contributed by atoms with Crippen LogP contribution in [0.15, 0.2) is 42.8 Å². The first-order valence-electron chi connectivity index (χ1n) is 5.45. The first-order valence-corrected chi connectivity index (χ1v) is 5.45. The summed E-state index contributed by atoms with van der Waals surface area (Å²) in [5.74, 6) is 1.67. The summed E-state index contributed by atoms with van der Waals surface area (Å²) >= 11 is 0. The topological polar surface area (TPSA) is 21.7 Å². The second kappa shape index (κ2) is 3.93. The Hall–Kier alpha value is -1.90. The zero-order valence-corrected chi connectivity index (χ0v) is 8.93. The van der Waals surface area contributed by atoms with Crippen LogP contribution in [-0.2, 0) is 0 Å². The third kappa shape index (κ3) is 1.54. The van der Waals surface area contributed by atoms with Gasteiger partial charge in [0.1, 0.15) is 13.2 Å². The number of fused-ring (bicyclic) bond motifs is 1. The molecule has 2 aliphatic heterocycles. The van der Waals surface area contributed by atoms with E-state index in [1.807, 2.05) is 30.6 Å². The van der Waals surface area contributed by atoms with Gasteiger partial charge >= 0.3 is 0 Å². The van der Waals surface area contributed by atoms with E-state index in [2.05, 4.69) is 17.1 Å². The van der Waals surface area contributed by atoms with Gasteiger partial charge in [0.05, 0.1) is 5.69 Å². The summed E-state index contributed by atoms with van der Waals surface area (Å²) in [6.45, 7) is 1.24. The SMILES string of the molecule is C1=CN(c2cccc3c2OCCO3)C=CC1. The van der Waals surface area contributed by atoms with Crippen LogP contribution in [0.1, 0.15) is 6.42 Å². The summed E-state index contributed by atoms with van der Waals surface area (Å²) in [5.41, 5.74) is 1.03. The fourth-order valence-corrected chi connectivity index (χ4v) is 1.90. The molecular formula is C13H13NO2. The van der Waals surface area contributed by atoms with Crippen LogP contribution in [0, 0.1) is 0 Å². The molecule has 3 nitrogen and oxygen atoms in total. The minimum absolute atomic E-state index is 0.616. The maximum absolute atomic E-state index is 5.67. The highest BCUT2D eigenvalue weighted by Crippen LogP contribution is 2.40. The van der Waals surface area contributed by atoms with E-state index in [0.29, 0.717) is 13.2 Å². The first-order chi connectivity index (χ1) is 7.95. The highest BCUT2D eigenvalue weighted by molar-refractivity contribution is 5.68. The number of para-hydroxylation sites is 1. The number of rotatable bonds is 1. The van der Waals surface area contributed by atoms with Gasteiger partial charge in [-0.1, -0.05) is 18.2 Å². The molecule has 0 unspecified atom stereocenters. The Labute approximate surface area is 94.6 Å². The first kappa shape index (κ1) is 9.33. The van der Waals surface area contributed by atoms with E-state index >= 15 is 0 Å². The zero-order valence-electron chi connectivity index (χ0n) is 8.93. The Kier molecular flexibility index (Phi) is 2.29. The molecule has 0 saturated carbocycles. The van der Waals surface area contributed by atoms with Gasteiger partial charge in [-0.2, -0.15) is 0 Å². The highest BCUT2D eigenvalue weighted by atomic mass is 16.6. The van der Waals surface area contributed by atoms with Gasteiger partial charge in [0.15, 0.2) is 11.5 Å². The van der Waals surface area contributed by atoms with Crippen molar-refractivity contribution in [2.75, 3.05) is 18.1 Å². The van der Waals surface area contributed by atoms with Crippen LogP contribution >= 0.6 is 0 Å². The lowest BCUT2D eigenvalue weighted by Crippen LogP contribution is -2.18. The molecule has 2 aliphatic rings. The van der Waals surface area contributed by atoms with Gasteiger partial charge in [-0.15, -0.1) is 0 Å². The summed E-state index contributed by atoms with van der Waals surface area (Å²) in [7, 11) is 0. The van der Waals surface area contributed by atoms with Crippen molar-refractivity contribution >= 4 is 5.69 Å². The molecule has 0 amide bonds. The van der Waals surface area contributed by atoms with Crippen LogP contribution in [0.3, 0.4) is 0 Å². The van der Waals surface area contributed by atoms with E-state index in [9.17, 15) is 0 Å². The van der Waals surface area contributed by atoms with Crippen molar-refractivity contribution in [3.05, 3.63) is 42.8 Å². The number of hydrogen-bond donors (Lipinski definition) is 0. The summed E-state index contributed by atoms with van der Waals surface area (Å²) in [5, 5.41) is 0. The molecule has 0 radical (unpaired) electrons. The monoisotopic (exact) mass is 215 g/mol. The van der Waals surface area contributed by atoms with E-state index in [0.717, 1.165) is 23.6 Å². The molecule has 16 heavy (non-hydrogen) atoms. The van der Waals surface area contributed by atoms with E-state index in [-0.39, 0.29) is 0 Å². The largest absolute Gasteiger partial charge is 0.486 e. The summed E-state index contributed by atoms with van der Waals surface area (Å²) < 4.78 is 11.2. The predicted molar refractivity (Wildman–Crippen MR) is 62.8 cm³/mol. The van der Waals surface area contributed by atoms with Crippen LogP contribution < -0.4 is 14.4 Å². The molecule has 82 valence electrons. The van der Waals surface area contributed by atoms with E-state index in [1.165, 1.54) is 0 Å². The van der Waals surface area contributed by atoms with Gasteiger partial charge in [-0.25, -0.2) is 0 Å². The molecule has 0 aliphatic carbocycles. The third-order valence-corrected chi connectivity index (χ3v) is 2.63. The Balaban J connectivity index is 2.03. The van der Waals surface area contributed by atoms with Gasteiger partial charge in [0.25, 0.3) is 0 Å². The summed E-state index contributed by atoms with van der Waals surface area (Å²) in [6.07, 6.45) is 9.32. The zero-order chi connectivity index (χ0) is 10.8. The molecule has 3 rings (SSSR count). The van der Waals surface area contributed by atoms with E-state index in [1.54, 1.807) is 0 Å². The fraction of sp³-hybridized carbons (Fsp3) is 0.231. The van der Waals surface area contributed by atoms with Crippen molar-refractivity contribution < 1.29 is 9.47 Å². The fourth-order valence-electron chi connectivity index (χ4n) is 1.90. The van der Waals surface area contributed by atoms with Gasteiger partial charge in [0.2, 0.25) is 0 Å². The van der Waals surface area contributed by atoms with Crippen molar-refractivity contribution in [2.24, 2.45) is 0 Å². The smallest absolute Gasteiger partial charge is 0.185 e. The molecule has 0 atom stereocenters. The maximum Gasteiger partial charge on any atom is 0.185 e. The van der Waals surface area contributed by atoms with Crippen LogP contribution in [0.4, 0.5) is 5.69 Å². The van der Waals surface area contributed by atoms with Crippen molar-refractivity contribution in [1.82, 2.24) is 0 Å². The molecule has 1 aromatic rings. The number of ether oxygens (including phenoxy) is 2. The molecule has 0 bridgehead atoms. The molecule has 0 aromatic heterocycles. The van der Waals surface area contributed by atoms with E-state index in [4.69, 9.17) is 9.47 Å². The normalized spacial score (nSPS) is 17.6. The average Bonchev–Trinajstić information content (AvgIpc) is 2.39. The molecule has 0 saturated heterocycles. The van der Waals surface area contributed by atoms with Crippen molar-refractivity contribution in [1.29, 1.82) is 0 Å². The number of nitrogens with zero attached hydrogens (tertiary/aromatic N) is 1. The molecule has 2 heterocycles. The average molecular weight is 215 g/mol. The van der Waals surface area contributed by atoms with Crippen LogP contribution in [0.5, 0.6) is 11.5 Å². The van der Waals surface area contributed by atoms with Crippen molar-refractivity contribution in [3.63, 3.8) is 0 Å². The van der Waals surface area contributed by atoms with Gasteiger partial charge in [0, 0.05) is 12.4 Å². The lowest BCUT2D eigenvalue weighted by Gasteiger charge is -2.25. The van der Waals surface area contributed by atoms with Crippen LogP contribution in [0.2, 0.25) is 0 Å². The Bertz CT molecular complexity index is 439. The van der Waals surface area contributed by atoms with Crippen molar-refractivity contribution in [2.45, 2.75) is 6.42 Å². The van der Waals surface area contributed by atoms with Crippen LogP contribution in [-0.4, -0.2) is 13.2 Å². The standard InChI is InChI=1S/C13H13NO2/c1-2-7-14(8-3-1)11-5-4-6-12-13(11)16-10-9-15-12/h2-8H,1,9-10H2. The lowest BCUT2D eigenvalue weighted by molar-refractivity contribution is 0.172. The minimum Gasteiger partial charge on any atom is -0.486 e. The van der Waals surface area contributed by atoms with Gasteiger partial charge in [-0.05, 0) is 18.6 Å². The molecule has 3 heteroatoms. The van der Waals surface area contributed by atoms with Crippen molar-refractivity contribution in [3.8, 4) is 11.5 Å². The Morgan fingerprint density at radius 2 is 1.81 bits per heavy atom. The second-order valence-electron chi connectivity index (χ2n) is 3.71. The predicted octanol–water partition coefficient (Wildman–Crippen LogP) is 2.70. The van der Waals surface area contributed by atoms with Gasteiger partial charge < -0.3 is 14.4 Å². The van der Waals surface area contributed by atoms with Crippen LogP contribution in [0.25, 0.3) is 0 Å². The second-order valence-corrected chi connectivity index (χ2v) is 3.71. The molecule has 1 aromatic carbocycles. The number of benzene rings is 1. The molecule has 0 spiro atoms. The molecule has 0 N–H and O–H groups in total. The maximum atomic E-state index is 5.67. The number of anilines is 1. The summed E-state index contributed by atoms with van der Waals surface area (Å²) in [4.78, 5) is 2.05.